The zero-order valence-electron chi connectivity index (χ0n) is 8.66. The van der Waals surface area contributed by atoms with Gasteiger partial charge in [0.1, 0.15) is 11.4 Å². The van der Waals surface area contributed by atoms with Crippen LogP contribution in [0.5, 0.6) is 0 Å². The number of halogens is 1. The van der Waals surface area contributed by atoms with Gasteiger partial charge in [0.05, 0.1) is 0 Å². The molecule has 3 nitrogen and oxygen atoms in total. The van der Waals surface area contributed by atoms with Crippen LogP contribution in [0.1, 0.15) is 12.2 Å². The molecule has 2 aromatic rings. The normalized spacial score (nSPS) is 14.3. The highest BCUT2D eigenvalue weighted by Crippen LogP contribution is 2.33. The third-order valence-corrected chi connectivity index (χ3v) is 2.98. The largest absolute Gasteiger partial charge is 0.380 e. The average Bonchev–Trinajstić information content (AvgIpc) is 2.72. The van der Waals surface area contributed by atoms with Crippen LogP contribution in [0, 0.1) is 0 Å². The standard InChI is InChI=1S/C12H11ClN2O/c13-9-4-1-3-8(7-9)11-12-10(16-15-11)5-2-6-14-12/h1,3-4,7,14H,2,5-6H2. The van der Waals surface area contributed by atoms with E-state index in [1.807, 2.05) is 24.3 Å². The molecule has 1 aliphatic heterocycles. The Bertz CT molecular complexity index is 521. The highest BCUT2D eigenvalue weighted by Gasteiger charge is 2.19. The molecule has 82 valence electrons. The van der Waals surface area contributed by atoms with E-state index in [1.165, 1.54) is 0 Å². The van der Waals surface area contributed by atoms with Crippen LogP contribution in [0.2, 0.25) is 5.02 Å². The zero-order valence-corrected chi connectivity index (χ0v) is 9.42. The third-order valence-electron chi connectivity index (χ3n) is 2.74. The molecule has 4 heteroatoms. The van der Waals surface area contributed by atoms with Gasteiger partial charge in [-0.15, -0.1) is 0 Å². The first-order chi connectivity index (χ1) is 7.84. The third kappa shape index (κ3) is 1.57. The summed E-state index contributed by atoms with van der Waals surface area (Å²) < 4.78 is 5.33. The van der Waals surface area contributed by atoms with Crippen molar-refractivity contribution in [2.24, 2.45) is 0 Å². The van der Waals surface area contributed by atoms with E-state index in [2.05, 4.69) is 10.5 Å². The Hall–Kier alpha value is -1.48. The van der Waals surface area contributed by atoms with Crippen molar-refractivity contribution in [2.45, 2.75) is 12.8 Å². The van der Waals surface area contributed by atoms with Crippen molar-refractivity contribution < 1.29 is 4.52 Å². The second-order valence-electron chi connectivity index (χ2n) is 3.87. The van der Waals surface area contributed by atoms with E-state index in [9.17, 15) is 0 Å². The van der Waals surface area contributed by atoms with Crippen LogP contribution in [0.3, 0.4) is 0 Å². The maximum absolute atomic E-state index is 5.97. The molecule has 1 N–H and O–H groups in total. The van der Waals surface area contributed by atoms with E-state index in [0.29, 0.717) is 5.02 Å². The molecule has 1 aromatic carbocycles. The number of nitrogens with zero attached hydrogens (tertiary/aromatic N) is 1. The molecule has 0 saturated carbocycles. The lowest BCUT2D eigenvalue weighted by atomic mass is 10.1. The highest BCUT2D eigenvalue weighted by atomic mass is 35.5. The van der Waals surface area contributed by atoms with Crippen molar-refractivity contribution in [3.05, 3.63) is 35.0 Å². The fraction of sp³-hybridized carbons (Fsp3) is 0.250. The Morgan fingerprint density at radius 3 is 3.19 bits per heavy atom. The number of aryl methyl sites for hydroxylation is 1. The first kappa shape index (κ1) is 9.73. The number of anilines is 1. The SMILES string of the molecule is Clc1cccc(-c2noc3c2NCCC3)c1. The predicted octanol–water partition coefficient (Wildman–Crippen LogP) is 3.35. The van der Waals surface area contributed by atoms with Gasteiger partial charge in [0.25, 0.3) is 0 Å². The molecule has 1 aliphatic rings. The molecule has 0 amide bonds. The molecular formula is C12H11ClN2O. The number of benzene rings is 1. The molecule has 1 aromatic heterocycles. The van der Waals surface area contributed by atoms with E-state index in [-0.39, 0.29) is 0 Å². The first-order valence-corrected chi connectivity index (χ1v) is 5.71. The van der Waals surface area contributed by atoms with Gasteiger partial charge in [-0.2, -0.15) is 0 Å². The van der Waals surface area contributed by atoms with Gasteiger partial charge in [0, 0.05) is 23.6 Å². The summed E-state index contributed by atoms with van der Waals surface area (Å²) in [5, 5.41) is 8.16. The minimum absolute atomic E-state index is 0.713. The summed E-state index contributed by atoms with van der Waals surface area (Å²) in [4.78, 5) is 0. The molecule has 3 rings (SSSR count). The summed E-state index contributed by atoms with van der Waals surface area (Å²) in [6.45, 7) is 0.974. The summed E-state index contributed by atoms with van der Waals surface area (Å²) >= 11 is 5.97. The van der Waals surface area contributed by atoms with Gasteiger partial charge in [-0.3, -0.25) is 0 Å². The molecule has 0 spiro atoms. The maximum atomic E-state index is 5.97. The number of hydrogen-bond acceptors (Lipinski definition) is 3. The lowest BCUT2D eigenvalue weighted by molar-refractivity contribution is 0.382. The van der Waals surface area contributed by atoms with Crippen molar-refractivity contribution in [3.8, 4) is 11.3 Å². The number of aromatic nitrogens is 1. The summed E-state index contributed by atoms with van der Waals surface area (Å²) in [7, 11) is 0. The second kappa shape index (κ2) is 3.83. The zero-order chi connectivity index (χ0) is 11.0. The summed E-state index contributed by atoms with van der Waals surface area (Å²) in [5.41, 5.74) is 2.87. The molecular weight excluding hydrogens is 224 g/mol. The number of fused-ring (bicyclic) bond motifs is 1. The average molecular weight is 235 g/mol. The fourth-order valence-corrected chi connectivity index (χ4v) is 2.16. The summed E-state index contributed by atoms with van der Waals surface area (Å²) in [6.07, 6.45) is 2.05. The van der Waals surface area contributed by atoms with Crippen molar-refractivity contribution in [3.63, 3.8) is 0 Å². The van der Waals surface area contributed by atoms with Crippen molar-refractivity contribution in [1.82, 2.24) is 5.16 Å². The van der Waals surface area contributed by atoms with Crippen LogP contribution in [-0.2, 0) is 6.42 Å². The van der Waals surface area contributed by atoms with Gasteiger partial charge in [-0.05, 0) is 18.6 Å². The monoisotopic (exact) mass is 234 g/mol. The van der Waals surface area contributed by atoms with Crippen LogP contribution in [0.15, 0.2) is 28.8 Å². The summed E-state index contributed by atoms with van der Waals surface area (Å²) in [6, 6.07) is 7.66. The molecule has 2 heterocycles. The van der Waals surface area contributed by atoms with E-state index >= 15 is 0 Å². The predicted molar refractivity (Wildman–Crippen MR) is 63.8 cm³/mol. The molecule has 16 heavy (non-hydrogen) atoms. The lowest BCUT2D eigenvalue weighted by Crippen LogP contribution is -2.10. The van der Waals surface area contributed by atoms with Gasteiger partial charge in [-0.25, -0.2) is 0 Å². The Balaban J connectivity index is 2.09. The van der Waals surface area contributed by atoms with Gasteiger partial charge < -0.3 is 9.84 Å². The minimum Gasteiger partial charge on any atom is -0.380 e. The topological polar surface area (TPSA) is 38.1 Å². The summed E-state index contributed by atoms with van der Waals surface area (Å²) in [5.74, 6) is 0.946. The van der Waals surface area contributed by atoms with Gasteiger partial charge in [0.2, 0.25) is 0 Å². The van der Waals surface area contributed by atoms with Gasteiger partial charge in [-0.1, -0.05) is 28.9 Å². The van der Waals surface area contributed by atoms with Crippen LogP contribution < -0.4 is 5.32 Å². The Morgan fingerprint density at radius 2 is 2.31 bits per heavy atom. The van der Waals surface area contributed by atoms with Crippen molar-refractivity contribution in [1.29, 1.82) is 0 Å². The molecule has 0 fully saturated rings. The van der Waals surface area contributed by atoms with E-state index in [4.69, 9.17) is 16.1 Å². The molecule has 0 unspecified atom stereocenters. The van der Waals surface area contributed by atoms with Gasteiger partial charge >= 0.3 is 0 Å². The maximum Gasteiger partial charge on any atom is 0.160 e. The van der Waals surface area contributed by atoms with Crippen LogP contribution >= 0.6 is 11.6 Å². The Kier molecular flexibility index (Phi) is 2.33. The number of hydrogen-bond donors (Lipinski definition) is 1. The smallest absolute Gasteiger partial charge is 0.160 e. The molecule has 0 radical (unpaired) electrons. The Labute approximate surface area is 98.4 Å². The van der Waals surface area contributed by atoms with E-state index in [1.54, 1.807) is 0 Å². The van der Waals surface area contributed by atoms with E-state index in [0.717, 1.165) is 42.1 Å². The van der Waals surface area contributed by atoms with Crippen LogP contribution in [0.25, 0.3) is 11.3 Å². The van der Waals surface area contributed by atoms with Gasteiger partial charge in [0.15, 0.2) is 5.76 Å². The number of nitrogens with one attached hydrogen (secondary N) is 1. The van der Waals surface area contributed by atoms with Crippen molar-refractivity contribution in [2.75, 3.05) is 11.9 Å². The highest BCUT2D eigenvalue weighted by molar-refractivity contribution is 6.30. The van der Waals surface area contributed by atoms with Crippen LogP contribution in [-0.4, -0.2) is 11.7 Å². The molecule has 0 atom stereocenters. The molecule has 0 saturated heterocycles. The van der Waals surface area contributed by atoms with Crippen LogP contribution in [0.4, 0.5) is 5.69 Å². The fourth-order valence-electron chi connectivity index (χ4n) is 1.97. The quantitative estimate of drug-likeness (QED) is 0.822. The first-order valence-electron chi connectivity index (χ1n) is 5.33. The minimum atomic E-state index is 0.713. The second-order valence-corrected chi connectivity index (χ2v) is 4.31. The number of rotatable bonds is 1. The lowest BCUT2D eigenvalue weighted by Gasteiger charge is -2.12. The Morgan fingerprint density at radius 1 is 1.38 bits per heavy atom. The van der Waals surface area contributed by atoms with E-state index < -0.39 is 0 Å². The molecule has 0 aliphatic carbocycles. The van der Waals surface area contributed by atoms with Crippen molar-refractivity contribution >= 4 is 17.3 Å². The molecule has 0 bridgehead atoms.